The lowest BCUT2D eigenvalue weighted by Crippen LogP contribution is -2.12. The first-order valence-electron chi connectivity index (χ1n) is 6.35. The molecule has 0 bridgehead atoms. The highest BCUT2D eigenvalue weighted by atomic mass is 32.1. The molecule has 0 saturated heterocycles. The van der Waals surface area contributed by atoms with Crippen molar-refractivity contribution >= 4 is 21.6 Å². The van der Waals surface area contributed by atoms with E-state index in [1.165, 1.54) is 30.4 Å². The summed E-state index contributed by atoms with van der Waals surface area (Å²) in [5, 5.41) is 0. The van der Waals surface area contributed by atoms with Crippen molar-refractivity contribution < 1.29 is 4.74 Å². The van der Waals surface area contributed by atoms with E-state index < -0.39 is 0 Å². The summed E-state index contributed by atoms with van der Waals surface area (Å²) in [6.45, 7) is 2.27. The predicted octanol–water partition coefficient (Wildman–Crippen LogP) is 4.25. The second-order valence-corrected chi connectivity index (χ2v) is 5.67. The predicted molar refractivity (Wildman–Crippen MR) is 71.7 cm³/mol. The number of nitrogens with zero attached hydrogens (tertiary/aromatic N) is 1. The molecule has 1 aromatic heterocycles. The molecule has 2 unspecified atom stereocenters. The first-order chi connectivity index (χ1) is 8.36. The molecule has 1 aliphatic rings. The van der Waals surface area contributed by atoms with Gasteiger partial charge in [0.15, 0.2) is 0 Å². The van der Waals surface area contributed by atoms with E-state index in [-0.39, 0.29) is 0 Å². The average Bonchev–Trinajstić information content (AvgIpc) is 2.97. The van der Waals surface area contributed by atoms with E-state index in [0.29, 0.717) is 6.10 Å². The van der Waals surface area contributed by atoms with Gasteiger partial charge in [0.2, 0.25) is 0 Å². The van der Waals surface area contributed by atoms with Crippen molar-refractivity contribution in [3.63, 3.8) is 0 Å². The number of benzene rings is 1. The number of aromatic nitrogens is 1. The van der Waals surface area contributed by atoms with E-state index in [4.69, 9.17) is 4.74 Å². The lowest BCUT2D eigenvalue weighted by molar-refractivity contribution is 0.206. The zero-order valence-corrected chi connectivity index (χ0v) is 10.9. The highest BCUT2D eigenvalue weighted by Crippen LogP contribution is 2.34. The van der Waals surface area contributed by atoms with Gasteiger partial charge in [-0.3, -0.25) is 0 Å². The average molecular weight is 247 g/mol. The number of ether oxygens (including phenoxy) is 1. The van der Waals surface area contributed by atoms with Gasteiger partial charge in [-0.15, -0.1) is 11.3 Å². The number of hydrogen-bond donors (Lipinski definition) is 0. The van der Waals surface area contributed by atoms with Crippen LogP contribution in [0.4, 0.5) is 0 Å². The van der Waals surface area contributed by atoms with Crippen molar-refractivity contribution in [3.8, 4) is 5.75 Å². The molecule has 0 N–H and O–H groups in total. The highest BCUT2D eigenvalue weighted by Gasteiger charge is 2.25. The van der Waals surface area contributed by atoms with Gasteiger partial charge in [0.1, 0.15) is 11.3 Å². The van der Waals surface area contributed by atoms with Crippen LogP contribution in [0.5, 0.6) is 5.75 Å². The van der Waals surface area contributed by atoms with E-state index >= 15 is 0 Å². The Labute approximate surface area is 106 Å². The topological polar surface area (TPSA) is 22.1 Å². The molecule has 0 aliphatic heterocycles. The Kier molecular flexibility index (Phi) is 3.02. The maximum atomic E-state index is 6.12. The van der Waals surface area contributed by atoms with Crippen LogP contribution in [0.2, 0.25) is 0 Å². The molecule has 2 nitrogen and oxygen atoms in total. The van der Waals surface area contributed by atoms with Gasteiger partial charge in [0.25, 0.3) is 0 Å². The summed E-state index contributed by atoms with van der Waals surface area (Å²) in [6, 6.07) is 6.20. The summed E-state index contributed by atoms with van der Waals surface area (Å²) in [6.07, 6.45) is 5.39. The second kappa shape index (κ2) is 4.65. The molecule has 17 heavy (non-hydrogen) atoms. The van der Waals surface area contributed by atoms with Crippen LogP contribution in [0.15, 0.2) is 23.7 Å². The van der Waals surface area contributed by atoms with Crippen LogP contribution >= 0.6 is 11.3 Å². The lowest BCUT2D eigenvalue weighted by Gasteiger charge is -2.14. The van der Waals surface area contributed by atoms with Crippen molar-refractivity contribution in [1.82, 2.24) is 4.98 Å². The fourth-order valence-electron chi connectivity index (χ4n) is 2.64. The smallest absolute Gasteiger partial charge is 0.146 e. The number of rotatable bonds is 3. The first kappa shape index (κ1) is 11.0. The van der Waals surface area contributed by atoms with Crippen molar-refractivity contribution in [1.29, 1.82) is 0 Å². The van der Waals surface area contributed by atoms with Gasteiger partial charge < -0.3 is 4.74 Å². The van der Waals surface area contributed by atoms with Crippen molar-refractivity contribution in [3.05, 3.63) is 23.7 Å². The molecule has 3 heteroatoms. The minimum absolute atomic E-state index is 0.396. The molecule has 1 heterocycles. The summed E-state index contributed by atoms with van der Waals surface area (Å²) < 4.78 is 7.34. The van der Waals surface area contributed by atoms with Crippen LogP contribution in [0.25, 0.3) is 10.2 Å². The standard InChI is InChI=1S/C14H17NOS/c1-2-10-6-7-11(8-10)16-12-4-3-5-13-14(12)15-9-17-13/h3-5,9-11H,2,6-8H2,1H3. The molecular formula is C14H17NOS. The van der Waals surface area contributed by atoms with E-state index in [0.717, 1.165) is 17.2 Å². The quantitative estimate of drug-likeness (QED) is 0.808. The van der Waals surface area contributed by atoms with Gasteiger partial charge in [0, 0.05) is 0 Å². The molecule has 1 aromatic carbocycles. The third-order valence-electron chi connectivity index (χ3n) is 3.69. The Hall–Kier alpha value is -1.09. The summed E-state index contributed by atoms with van der Waals surface area (Å²) in [5.74, 6) is 1.82. The van der Waals surface area contributed by atoms with Crippen LogP contribution < -0.4 is 4.74 Å². The molecule has 1 fully saturated rings. The number of hydrogen-bond acceptors (Lipinski definition) is 3. The number of para-hydroxylation sites is 1. The van der Waals surface area contributed by atoms with Crippen molar-refractivity contribution in [2.75, 3.05) is 0 Å². The van der Waals surface area contributed by atoms with E-state index in [1.54, 1.807) is 11.3 Å². The van der Waals surface area contributed by atoms with Crippen molar-refractivity contribution in [2.45, 2.75) is 38.7 Å². The summed E-state index contributed by atoms with van der Waals surface area (Å²) >= 11 is 1.67. The molecular weight excluding hydrogens is 230 g/mol. The minimum atomic E-state index is 0.396. The van der Waals surface area contributed by atoms with Crippen LogP contribution in [0.3, 0.4) is 0 Å². The molecule has 0 spiro atoms. The second-order valence-electron chi connectivity index (χ2n) is 4.78. The maximum absolute atomic E-state index is 6.12. The zero-order chi connectivity index (χ0) is 11.7. The zero-order valence-electron chi connectivity index (χ0n) is 10.1. The van der Waals surface area contributed by atoms with Crippen LogP contribution in [0.1, 0.15) is 32.6 Å². The van der Waals surface area contributed by atoms with E-state index in [1.807, 2.05) is 11.6 Å². The molecule has 0 radical (unpaired) electrons. The monoisotopic (exact) mass is 247 g/mol. The molecule has 1 aliphatic carbocycles. The largest absolute Gasteiger partial charge is 0.488 e. The fourth-order valence-corrected chi connectivity index (χ4v) is 3.34. The molecule has 2 aromatic rings. The molecule has 3 rings (SSSR count). The van der Waals surface area contributed by atoms with Gasteiger partial charge in [0.05, 0.1) is 16.3 Å². The van der Waals surface area contributed by atoms with Gasteiger partial charge in [-0.25, -0.2) is 4.98 Å². The highest BCUT2D eigenvalue weighted by molar-refractivity contribution is 7.16. The SMILES string of the molecule is CCC1CCC(Oc2cccc3scnc23)C1. The molecule has 0 amide bonds. The normalized spacial score (nSPS) is 24.3. The van der Waals surface area contributed by atoms with Crippen LogP contribution in [-0.2, 0) is 0 Å². The fraction of sp³-hybridized carbons (Fsp3) is 0.500. The van der Waals surface area contributed by atoms with Gasteiger partial charge >= 0.3 is 0 Å². The van der Waals surface area contributed by atoms with E-state index in [2.05, 4.69) is 24.0 Å². The van der Waals surface area contributed by atoms with Gasteiger partial charge in [-0.05, 0) is 37.3 Å². The third kappa shape index (κ3) is 2.16. The van der Waals surface area contributed by atoms with E-state index in [9.17, 15) is 0 Å². The molecule has 2 atom stereocenters. The van der Waals surface area contributed by atoms with Gasteiger partial charge in [-0.2, -0.15) is 0 Å². The Morgan fingerprint density at radius 2 is 2.35 bits per heavy atom. The Morgan fingerprint density at radius 1 is 1.41 bits per heavy atom. The number of thiazole rings is 1. The number of fused-ring (bicyclic) bond motifs is 1. The third-order valence-corrected chi connectivity index (χ3v) is 4.48. The Morgan fingerprint density at radius 3 is 3.18 bits per heavy atom. The first-order valence-corrected chi connectivity index (χ1v) is 7.23. The molecule has 90 valence electrons. The summed E-state index contributed by atoms with van der Waals surface area (Å²) in [4.78, 5) is 4.39. The maximum Gasteiger partial charge on any atom is 0.146 e. The van der Waals surface area contributed by atoms with Crippen LogP contribution in [0, 0.1) is 5.92 Å². The van der Waals surface area contributed by atoms with Crippen LogP contribution in [-0.4, -0.2) is 11.1 Å². The summed E-state index contributed by atoms with van der Waals surface area (Å²) in [5.41, 5.74) is 2.92. The Bertz CT molecular complexity index is 508. The Balaban J connectivity index is 1.79. The van der Waals surface area contributed by atoms with Crippen molar-refractivity contribution in [2.24, 2.45) is 5.92 Å². The summed E-state index contributed by atoms with van der Waals surface area (Å²) in [7, 11) is 0. The van der Waals surface area contributed by atoms with Gasteiger partial charge in [-0.1, -0.05) is 19.4 Å². The minimum Gasteiger partial charge on any atom is -0.488 e. The molecule has 1 saturated carbocycles. The lowest BCUT2D eigenvalue weighted by atomic mass is 10.1.